The van der Waals surface area contributed by atoms with E-state index in [9.17, 15) is 4.79 Å². The van der Waals surface area contributed by atoms with Gasteiger partial charge < -0.3 is 0 Å². The van der Waals surface area contributed by atoms with Crippen molar-refractivity contribution in [2.24, 2.45) is 0 Å². The van der Waals surface area contributed by atoms with Gasteiger partial charge in [0.2, 0.25) is 0 Å². The zero-order valence-electron chi connectivity index (χ0n) is 17.9. The Balaban J connectivity index is 1.59. The summed E-state index contributed by atoms with van der Waals surface area (Å²) in [5.74, 6) is 0.908. The number of hydrogen-bond donors (Lipinski definition) is 0. The third-order valence-corrected chi connectivity index (χ3v) is 6.57. The minimum Gasteiger partial charge on any atom is -0.294 e. The van der Waals surface area contributed by atoms with Crippen molar-refractivity contribution in [3.8, 4) is 0 Å². The number of carbonyl (C=O) groups excluding carboxylic acids is 1. The van der Waals surface area contributed by atoms with Gasteiger partial charge in [0, 0.05) is 12.0 Å². The lowest BCUT2D eigenvalue weighted by Gasteiger charge is -2.26. The highest BCUT2D eigenvalue weighted by Crippen LogP contribution is 2.39. The molecule has 2 aromatic rings. The Hall–Kier alpha value is -1.89. The normalized spacial score (nSPS) is 16.4. The van der Waals surface area contributed by atoms with Crippen molar-refractivity contribution in [1.82, 2.24) is 0 Å². The summed E-state index contributed by atoms with van der Waals surface area (Å²) in [6.07, 6.45) is 15.5. The molecule has 150 valence electrons. The SMILES string of the molecule is C=CCCCCCCCCCC1CCC(=O)c2c1ccc1cc(C)c(C)cc21. The fourth-order valence-corrected chi connectivity index (χ4v) is 4.71. The zero-order chi connectivity index (χ0) is 19.9. The predicted molar refractivity (Wildman–Crippen MR) is 121 cm³/mol. The number of carbonyl (C=O) groups is 1. The average molecular weight is 377 g/mol. The molecule has 0 aromatic heterocycles. The molecule has 28 heavy (non-hydrogen) atoms. The third kappa shape index (κ3) is 4.93. The van der Waals surface area contributed by atoms with Crippen molar-refractivity contribution < 1.29 is 4.79 Å². The van der Waals surface area contributed by atoms with Gasteiger partial charge in [0.25, 0.3) is 0 Å². The van der Waals surface area contributed by atoms with Crippen LogP contribution < -0.4 is 0 Å². The van der Waals surface area contributed by atoms with Gasteiger partial charge in [0.15, 0.2) is 5.78 Å². The first-order chi connectivity index (χ1) is 13.6. The number of unbranched alkanes of at least 4 members (excludes halogenated alkanes) is 7. The number of rotatable bonds is 10. The van der Waals surface area contributed by atoms with E-state index in [1.807, 2.05) is 6.08 Å². The molecule has 0 saturated carbocycles. The van der Waals surface area contributed by atoms with Gasteiger partial charge in [-0.3, -0.25) is 4.79 Å². The molecule has 1 aliphatic carbocycles. The van der Waals surface area contributed by atoms with Gasteiger partial charge in [-0.25, -0.2) is 0 Å². The molecular formula is C27H36O. The van der Waals surface area contributed by atoms with Crippen LogP contribution in [0, 0.1) is 13.8 Å². The van der Waals surface area contributed by atoms with E-state index in [0.717, 1.165) is 18.4 Å². The monoisotopic (exact) mass is 376 g/mol. The topological polar surface area (TPSA) is 17.1 Å². The molecule has 1 nitrogen and oxygen atoms in total. The van der Waals surface area contributed by atoms with Crippen molar-refractivity contribution in [1.29, 1.82) is 0 Å². The Morgan fingerprint density at radius 1 is 0.964 bits per heavy atom. The fourth-order valence-electron chi connectivity index (χ4n) is 4.71. The second-order valence-electron chi connectivity index (χ2n) is 8.69. The second-order valence-corrected chi connectivity index (χ2v) is 8.69. The predicted octanol–water partition coefficient (Wildman–Crippen LogP) is 8.21. The van der Waals surface area contributed by atoms with Crippen molar-refractivity contribution >= 4 is 16.6 Å². The molecule has 0 bridgehead atoms. The van der Waals surface area contributed by atoms with Crippen LogP contribution in [0.15, 0.2) is 36.9 Å². The Kier molecular flexibility index (Phi) is 7.48. The molecule has 3 rings (SSSR count). The van der Waals surface area contributed by atoms with Crippen molar-refractivity contribution in [3.05, 3.63) is 59.2 Å². The van der Waals surface area contributed by atoms with Gasteiger partial charge in [-0.05, 0) is 72.9 Å². The Bertz CT molecular complexity index is 830. The third-order valence-electron chi connectivity index (χ3n) is 6.57. The van der Waals surface area contributed by atoms with Gasteiger partial charge in [-0.15, -0.1) is 6.58 Å². The summed E-state index contributed by atoms with van der Waals surface area (Å²) in [5, 5.41) is 2.39. The molecule has 1 heteroatoms. The van der Waals surface area contributed by atoms with E-state index in [2.05, 4.69) is 44.7 Å². The van der Waals surface area contributed by atoms with Crippen LogP contribution in [0.3, 0.4) is 0 Å². The molecule has 0 N–H and O–H groups in total. The van der Waals surface area contributed by atoms with Gasteiger partial charge >= 0.3 is 0 Å². The Morgan fingerprint density at radius 2 is 1.64 bits per heavy atom. The summed E-state index contributed by atoms with van der Waals surface area (Å²) in [6.45, 7) is 8.09. The lowest BCUT2D eigenvalue weighted by molar-refractivity contribution is 0.0967. The number of ketones is 1. The average Bonchev–Trinajstić information content (AvgIpc) is 2.69. The number of hydrogen-bond acceptors (Lipinski definition) is 1. The lowest BCUT2D eigenvalue weighted by atomic mass is 9.77. The van der Waals surface area contributed by atoms with Crippen LogP contribution >= 0.6 is 0 Å². The molecule has 0 aliphatic heterocycles. The van der Waals surface area contributed by atoms with Crippen LogP contribution in [0.2, 0.25) is 0 Å². The summed E-state index contributed by atoms with van der Waals surface area (Å²) >= 11 is 0. The van der Waals surface area contributed by atoms with E-state index >= 15 is 0 Å². The van der Waals surface area contributed by atoms with Crippen LogP contribution in [0.4, 0.5) is 0 Å². The maximum absolute atomic E-state index is 12.8. The molecule has 0 heterocycles. The van der Waals surface area contributed by atoms with Crippen LogP contribution in [0.25, 0.3) is 10.8 Å². The van der Waals surface area contributed by atoms with Crippen LogP contribution in [0.5, 0.6) is 0 Å². The number of aryl methyl sites for hydroxylation is 2. The maximum Gasteiger partial charge on any atom is 0.163 e. The first kappa shape index (κ1) is 20.8. The molecule has 1 unspecified atom stereocenters. The van der Waals surface area contributed by atoms with E-state index in [4.69, 9.17) is 0 Å². The van der Waals surface area contributed by atoms with Gasteiger partial charge in [0.05, 0.1) is 0 Å². The van der Waals surface area contributed by atoms with Crippen LogP contribution in [0.1, 0.15) is 104 Å². The molecule has 0 radical (unpaired) electrons. The molecule has 1 aliphatic rings. The highest BCUT2D eigenvalue weighted by Gasteiger charge is 2.27. The molecule has 0 spiro atoms. The van der Waals surface area contributed by atoms with Crippen molar-refractivity contribution in [3.63, 3.8) is 0 Å². The van der Waals surface area contributed by atoms with E-state index in [-0.39, 0.29) is 0 Å². The quantitative estimate of drug-likeness (QED) is 0.301. The second kappa shape index (κ2) is 10.0. The number of allylic oxidation sites excluding steroid dienone is 1. The highest BCUT2D eigenvalue weighted by atomic mass is 16.1. The van der Waals surface area contributed by atoms with Crippen LogP contribution in [-0.4, -0.2) is 5.78 Å². The zero-order valence-corrected chi connectivity index (χ0v) is 17.9. The summed E-state index contributed by atoms with van der Waals surface area (Å²) in [5.41, 5.74) is 4.93. The first-order valence-corrected chi connectivity index (χ1v) is 11.3. The standard InChI is InChI=1S/C27H36O/c1-4-5-6-7-8-9-10-11-12-13-22-15-17-26(28)27-24(22)16-14-23-18-20(2)21(3)19-25(23)27/h4,14,16,18-19,22H,1,5-13,15,17H2,2-3H3. The van der Waals surface area contributed by atoms with Crippen molar-refractivity contribution in [2.75, 3.05) is 0 Å². The molecule has 1 atom stereocenters. The molecule has 0 fully saturated rings. The number of benzene rings is 2. The Labute approximate surface area is 171 Å². The van der Waals surface area contributed by atoms with E-state index in [1.165, 1.54) is 78.8 Å². The maximum atomic E-state index is 12.8. The molecule has 0 amide bonds. The van der Waals surface area contributed by atoms with Crippen molar-refractivity contribution in [2.45, 2.75) is 90.4 Å². The van der Waals surface area contributed by atoms with E-state index in [1.54, 1.807) is 0 Å². The summed E-state index contributed by atoms with van der Waals surface area (Å²) < 4.78 is 0. The smallest absolute Gasteiger partial charge is 0.163 e. The number of fused-ring (bicyclic) bond motifs is 3. The molecular weight excluding hydrogens is 340 g/mol. The minimum absolute atomic E-state index is 0.347. The van der Waals surface area contributed by atoms with Crippen LogP contribution in [-0.2, 0) is 0 Å². The fraction of sp³-hybridized carbons (Fsp3) is 0.519. The summed E-state index contributed by atoms with van der Waals surface area (Å²) in [4.78, 5) is 12.8. The number of Topliss-reactive ketones (excluding diaryl/α,β-unsaturated/α-hetero) is 1. The lowest BCUT2D eigenvalue weighted by Crippen LogP contribution is -2.16. The highest BCUT2D eigenvalue weighted by molar-refractivity contribution is 6.10. The largest absolute Gasteiger partial charge is 0.294 e. The summed E-state index contributed by atoms with van der Waals surface area (Å²) in [6, 6.07) is 8.94. The van der Waals surface area contributed by atoms with Gasteiger partial charge in [0.1, 0.15) is 0 Å². The molecule has 2 aromatic carbocycles. The molecule has 0 saturated heterocycles. The van der Waals surface area contributed by atoms with Gasteiger partial charge in [-0.2, -0.15) is 0 Å². The Morgan fingerprint density at radius 3 is 2.39 bits per heavy atom. The van der Waals surface area contributed by atoms with E-state index < -0.39 is 0 Å². The first-order valence-electron chi connectivity index (χ1n) is 11.3. The van der Waals surface area contributed by atoms with E-state index in [0.29, 0.717) is 18.1 Å². The van der Waals surface area contributed by atoms with Gasteiger partial charge in [-0.1, -0.05) is 68.9 Å². The summed E-state index contributed by atoms with van der Waals surface area (Å²) in [7, 11) is 0. The minimum atomic E-state index is 0.347.